The molecule has 70 valence electrons. The third-order valence-electron chi connectivity index (χ3n) is 1.52. The van der Waals surface area contributed by atoms with Crippen LogP contribution in [0.3, 0.4) is 0 Å². The second-order valence-corrected chi connectivity index (χ2v) is 3.41. The van der Waals surface area contributed by atoms with E-state index >= 15 is 0 Å². The van der Waals surface area contributed by atoms with Crippen molar-refractivity contribution in [3.05, 3.63) is 35.6 Å². The van der Waals surface area contributed by atoms with Gasteiger partial charge in [-0.15, -0.1) is 6.58 Å². The quantitative estimate of drug-likeness (QED) is 0.449. The van der Waals surface area contributed by atoms with Gasteiger partial charge in [0.2, 0.25) is 0 Å². The number of pyridine rings is 1. The minimum Gasteiger partial charge on any atom is -0.493 e. The third kappa shape index (κ3) is 4.08. The van der Waals surface area contributed by atoms with Gasteiger partial charge in [-0.05, 0) is 34.8 Å². The van der Waals surface area contributed by atoms with Gasteiger partial charge in [0.25, 0.3) is 0 Å². The van der Waals surface area contributed by atoms with Crippen LogP contribution in [-0.4, -0.2) is 11.6 Å². The normalized spacial score (nSPS) is 9.62. The number of nitrogens with zero attached hydrogens (tertiary/aromatic N) is 1. The fourth-order valence-corrected chi connectivity index (χ4v) is 1.24. The van der Waals surface area contributed by atoms with Crippen molar-refractivity contribution in [2.75, 3.05) is 6.61 Å². The summed E-state index contributed by atoms with van der Waals surface area (Å²) in [5.41, 5.74) is 0. The zero-order chi connectivity index (χ0) is 9.52. The Morgan fingerprint density at radius 3 is 3.15 bits per heavy atom. The lowest BCUT2D eigenvalue weighted by Crippen LogP contribution is -1.96. The lowest BCUT2D eigenvalue weighted by Gasteiger charge is -2.04. The number of hydrogen-bond donors (Lipinski definition) is 0. The number of allylic oxidation sites excluding steroid dienone is 1. The molecule has 1 aromatic heterocycles. The minimum atomic E-state index is 0.725. The van der Waals surface area contributed by atoms with E-state index in [1.165, 1.54) is 0 Å². The van der Waals surface area contributed by atoms with E-state index in [9.17, 15) is 0 Å². The maximum absolute atomic E-state index is 5.47. The zero-order valence-corrected chi connectivity index (χ0v) is 8.96. The molecule has 0 saturated carbocycles. The van der Waals surface area contributed by atoms with E-state index in [0.29, 0.717) is 0 Å². The number of hydrogen-bond acceptors (Lipinski definition) is 2. The van der Waals surface area contributed by atoms with Crippen molar-refractivity contribution in [1.29, 1.82) is 0 Å². The van der Waals surface area contributed by atoms with Crippen molar-refractivity contribution < 1.29 is 4.74 Å². The molecule has 0 amide bonds. The Bertz CT molecular complexity index is 275. The van der Waals surface area contributed by atoms with Crippen LogP contribution in [0, 0.1) is 0 Å². The third-order valence-corrected chi connectivity index (χ3v) is 1.95. The van der Waals surface area contributed by atoms with Gasteiger partial charge < -0.3 is 4.74 Å². The molecular formula is C10H12BrNO. The Labute approximate surface area is 86.8 Å². The second-order valence-electron chi connectivity index (χ2n) is 2.59. The number of unbranched alkanes of at least 4 members (excludes halogenated alkanes) is 1. The summed E-state index contributed by atoms with van der Waals surface area (Å²) in [4.78, 5) is 4.00. The van der Waals surface area contributed by atoms with Crippen LogP contribution in [-0.2, 0) is 0 Å². The Morgan fingerprint density at radius 1 is 1.62 bits per heavy atom. The molecule has 0 unspecified atom stereocenters. The van der Waals surface area contributed by atoms with E-state index in [-0.39, 0.29) is 0 Å². The van der Waals surface area contributed by atoms with Gasteiger partial charge in [0, 0.05) is 12.3 Å². The van der Waals surface area contributed by atoms with Crippen molar-refractivity contribution in [2.45, 2.75) is 12.8 Å². The molecule has 0 spiro atoms. The molecule has 0 aliphatic rings. The minimum absolute atomic E-state index is 0.725. The van der Waals surface area contributed by atoms with E-state index in [0.717, 1.165) is 29.8 Å². The van der Waals surface area contributed by atoms with E-state index in [1.807, 2.05) is 18.2 Å². The van der Waals surface area contributed by atoms with Crippen molar-refractivity contribution in [1.82, 2.24) is 4.98 Å². The molecule has 2 nitrogen and oxygen atoms in total. The lowest BCUT2D eigenvalue weighted by atomic mass is 10.3. The SMILES string of the molecule is C=CCCCOc1ccnc(Br)c1. The van der Waals surface area contributed by atoms with Gasteiger partial charge in [-0.1, -0.05) is 6.08 Å². The summed E-state index contributed by atoms with van der Waals surface area (Å²) in [6.07, 6.45) is 5.61. The average Bonchev–Trinajstić information content (AvgIpc) is 2.13. The van der Waals surface area contributed by atoms with Gasteiger partial charge in [-0.3, -0.25) is 0 Å². The van der Waals surface area contributed by atoms with Crippen LogP contribution in [0.1, 0.15) is 12.8 Å². The van der Waals surface area contributed by atoms with Gasteiger partial charge in [0.1, 0.15) is 10.4 Å². The molecule has 1 aromatic rings. The molecule has 0 N–H and O–H groups in total. The van der Waals surface area contributed by atoms with Crippen LogP contribution in [0.4, 0.5) is 0 Å². The summed E-state index contributed by atoms with van der Waals surface area (Å²) in [6.45, 7) is 4.37. The van der Waals surface area contributed by atoms with Crippen molar-refractivity contribution in [3.8, 4) is 5.75 Å². The Balaban J connectivity index is 2.32. The van der Waals surface area contributed by atoms with Crippen LogP contribution in [0.5, 0.6) is 5.75 Å². The fourth-order valence-electron chi connectivity index (χ4n) is 0.892. The number of ether oxygens (including phenoxy) is 1. The van der Waals surface area contributed by atoms with Crippen LogP contribution >= 0.6 is 15.9 Å². The summed E-state index contributed by atoms with van der Waals surface area (Å²) in [5, 5.41) is 0. The highest BCUT2D eigenvalue weighted by molar-refractivity contribution is 9.10. The Kier molecular flexibility index (Phi) is 4.54. The Hall–Kier alpha value is -0.830. The summed E-state index contributed by atoms with van der Waals surface area (Å²) in [7, 11) is 0. The van der Waals surface area contributed by atoms with E-state index in [1.54, 1.807) is 6.20 Å². The number of halogens is 1. The van der Waals surface area contributed by atoms with E-state index in [2.05, 4.69) is 27.5 Å². The zero-order valence-electron chi connectivity index (χ0n) is 7.37. The second kappa shape index (κ2) is 5.75. The van der Waals surface area contributed by atoms with Crippen molar-refractivity contribution in [3.63, 3.8) is 0 Å². The first-order valence-electron chi connectivity index (χ1n) is 4.18. The molecule has 0 aliphatic heterocycles. The van der Waals surface area contributed by atoms with Gasteiger partial charge in [0.15, 0.2) is 0 Å². The van der Waals surface area contributed by atoms with Gasteiger partial charge in [-0.2, -0.15) is 0 Å². The number of rotatable bonds is 5. The van der Waals surface area contributed by atoms with Gasteiger partial charge in [0.05, 0.1) is 6.61 Å². The molecule has 1 heterocycles. The number of aromatic nitrogens is 1. The fraction of sp³-hybridized carbons (Fsp3) is 0.300. The van der Waals surface area contributed by atoms with Crippen molar-refractivity contribution in [2.24, 2.45) is 0 Å². The highest BCUT2D eigenvalue weighted by Gasteiger charge is 1.94. The Morgan fingerprint density at radius 2 is 2.46 bits per heavy atom. The first kappa shape index (κ1) is 10.3. The summed E-state index contributed by atoms with van der Waals surface area (Å²) in [5.74, 6) is 0.853. The molecule has 0 atom stereocenters. The highest BCUT2D eigenvalue weighted by Crippen LogP contribution is 2.15. The topological polar surface area (TPSA) is 22.1 Å². The molecule has 3 heteroatoms. The summed E-state index contributed by atoms with van der Waals surface area (Å²) < 4.78 is 6.27. The van der Waals surface area contributed by atoms with Crippen LogP contribution in [0.15, 0.2) is 35.6 Å². The first-order valence-corrected chi connectivity index (χ1v) is 4.97. The average molecular weight is 242 g/mol. The van der Waals surface area contributed by atoms with Gasteiger partial charge in [-0.25, -0.2) is 4.98 Å². The molecule has 0 aliphatic carbocycles. The first-order chi connectivity index (χ1) is 6.33. The molecule has 0 saturated heterocycles. The molecule has 0 radical (unpaired) electrons. The molecule has 1 rings (SSSR count). The smallest absolute Gasteiger partial charge is 0.123 e. The van der Waals surface area contributed by atoms with Gasteiger partial charge >= 0.3 is 0 Å². The lowest BCUT2D eigenvalue weighted by molar-refractivity contribution is 0.311. The van der Waals surface area contributed by atoms with E-state index < -0.39 is 0 Å². The molecule has 13 heavy (non-hydrogen) atoms. The van der Waals surface area contributed by atoms with E-state index in [4.69, 9.17) is 4.74 Å². The summed E-state index contributed by atoms with van der Waals surface area (Å²) in [6, 6.07) is 3.70. The maximum Gasteiger partial charge on any atom is 0.123 e. The molecule has 0 bridgehead atoms. The predicted molar refractivity (Wildman–Crippen MR) is 56.9 cm³/mol. The molecule has 0 fully saturated rings. The highest BCUT2D eigenvalue weighted by atomic mass is 79.9. The van der Waals surface area contributed by atoms with Crippen LogP contribution in [0.2, 0.25) is 0 Å². The molecule has 0 aromatic carbocycles. The predicted octanol–water partition coefficient (Wildman–Crippen LogP) is 3.19. The van der Waals surface area contributed by atoms with Crippen molar-refractivity contribution >= 4 is 15.9 Å². The monoisotopic (exact) mass is 241 g/mol. The van der Waals surface area contributed by atoms with Crippen LogP contribution < -0.4 is 4.74 Å². The summed E-state index contributed by atoms with van der Waals surface area (Å²) >= 11 is 3.28. The molecular weight excluding hydrogens is 230 g/mol. The standard InChI is InChI=1S/C10H12BrNO/c1-2-3-4-7-13-9-5-6-12-10(11)8-9/h2,5-6,8H,1,3-4,7H2. The largest absolute Gasteiger partial charge is 0.493 e. The maximum atomic E-state index is 5.47. The van der Waals surface area contributed by atoms with Crippen LogP contribution in [0.25, 0.3) is 0 Å².